The molecule has 1 aliphatic rings. The Kier molecular flexibility index (Phi) is 5.38. The number of carboxylic acids is 1. The first kappa shape index (κ1) is 19.2. The van der Waals surface area contributed by atoms with E-state index in [2.05, 4.69) is 24.0 Å². The molecule has 5 heteroatoms. The number of aliphatic carboxylic acids is 1. The first-order chi connectivity index (χ1) is 14.0. The Morgan fingerprint density at radius 3 is 2.90 bits per heavy atom. The van der Waals surface area contributed by atoms with E-state index in [0.29, 0.717) is 18.9 Å². The molecular weight excluding hydrogens is 366 g/mol. The van der Waals surface area contributed by atoms with Gasteiger partial charge in [0, 0.05) is 12.0 Å². The van der Waals surface area contributed by atoms with Gasteiger partial charge in [0.1, 0.15) is 11.5 Å². The number of fused-ring (bicyclic) bond motifs is 1. The molecule has 0 fully saturated rings. The van der Waals surface area contributed by atoms with Gasteiger partial charge in [0.15, 0.2) is 0 Å². The number of aryl methyl sites for hydroxylation is 3. The summed E-state index contributed by atoms with van der Waals surface area (Å²) in [6.07, 6.45) is 2.67. The van der Waals surface area contributed by atoms with E-state index in [4.69, 9.17) is 14.3 Å². The first-order valence-corrected chi connectivity index (χ1v) is 10.0. The standard InChI is InChI=1S/C24H25NO4/c1-15-4-3-5-19(12-15)24-25-22(16(2)29-24)10-11-28-20-8-9-21-17(13-20)6-7-18(21)14-23(26)27/h3-5,8-9,12-13,18H,6-7,10-11,14H2,1-2H3,(H,26,27)/t18-/m0/s1. The molecule has 0 bridgehead atoms. The number of hydrogen-bond acceptors (Lipinski definition) is 4. The smallest absolute Gasteiger partial charge is 0.303 e. The van der Waals surface area contributed by atoms with Crippen LogP contribution in [0.2, 0.25) is 0 Å². The fourth-order valence-corrected chi connectivity index (χ4v) is 4.02. The van der Waals surface area contributed by atoms with Crippen molar-refractivity contribution in [2.24, 2.45) is 0 Å². The summed E-state index contributed by atoms with van der Waals surface area (Å²) in [5.74, 6) is 1.66. The highest BCUT2D eigenvalue weighted by atomic mass is 16.5. The number of benzene rings is 2. The lowest BCUT2D eigenvalue weighted by atomic mass is 9.98. The highest BCUT2D eigenvalue weighted by Crippen LogP contribution is 2.37. The predicted octanol–water partition coefficient (Wildman–Crippen LogP) is 5.08. The molecule has 1 aromatic heterocycles. The summed E-state index contributed by atoms with van der Waals surface area (Å²) < 4.78 is 11.8. The number of carbonyl (C=O) groups is 1. The van der Waals surface area contributed by atoms with Gasteiger partial charge in [-0.2, -0.15) is 0 Å². The third-order valence-corrected chi connectivity index (χ3v) is 5.50. The van der Waals surface area contributed by atoms with Gasteiger partial charge in [-0.1, -0.05) is 23.8 Å². The Morgan fingerprint density at radius 1 is 1.24 bits per heavy atom. The minimum Gasteiger partial charge on any atom is -0.493 e. The molecule has 150 valence electrons. The van der Waals surface area contributed by atoms with Crippen molar-refractivity contribution in [3.05, 3.63) is 70.6 Å². The maximum Gasteiger partial charge on any atom is 0.303 e. The van der Waals surface area contributed by atoms with Gasteiger partial charge in [0.25, 0.3) is 0 Å². The van der Waals surface area contributed by atoms with E-state index < -0.39 is 5.97 Å². The summed E-state index contributed by atoms with van der Waals surface area (Å²) in [6, 6.07) is 14.1. The van der Waals surface area contributed by atoms with E-state index in [0.717, 1.165) is 41.2 Å². The Hall–Kier alpha value is -3.08. The summed E-state index contributed by atoms with van der Waals surface area (Å²) in [4.78, 5) is 15.7. The van der Waals surface area contributed by atoms with Gasteiger partial charge in [0.2, 0.25) is 5.89 Å². The number of nitrogens with zero attached hydrogens (tertiary/aromatic N) is 1. The van der Waals surface area contributed by atoms with E-state index in [1.54, 1.807) is 0 Å². The van der Waals surface area contributed by atoms with Crippen LogP contribution in [0.15, 0.2) is 46.9 Å². The van der Waals surface area contributed by atoms with Crippen molar-refractivity contribution < 1.29 is 19.1 Å². The maximum atomic E-state index is 11.0. The van der Waals surface area contributed by atoms with Gasteiger partial charge in [-0.05, 0) is 68.0 Å². The SMILES string of the molecule is Cc1cccc(-c2nc(CCOc3ccc4c(c3)CC[C@H]4CC(=O)O)c(C)o2)c1. The predicted molar refractivity (Wildman–Crippen MR) is 110 cm³/mol. The lowest BCUT2D eigenvalue weighted by Crippen LogP contribution is -2.04. The number of aromatic nitrogens is 1. The van der Waals surface area contributed by atoms with Crippen LogP contribution >= 0.6 is 0 Å². The average Bonchev–Trinajstić information content (AvgIpc) is 3.25. The molecule has 0 unspecified atom stereocenters. The van der Waals surface area contributed by atoms with E-state index in [-0.39, 0.29) is 12.3 Å². The number of rotatable bonds is 7. The molecular formula is C24H25NO4. The zero-order valence-corrected chi connectivity index (χ0v) is 16.8. The van der Waals surface area contributed by atoms with Crippen molar-refractivity contribution >= 4 is 5.97 Å². The molecule has 1 N–H and O–H groups in total. The number of ether oxygens (including phenoxy) is 1. The van der Waals surface area contributed by atoms with Crippen LogP contribution in [0, 0.1) is 13.8 Å². The normalized spacial score (nSPS) is 15.3. The highest BCUT2D eigenvalue weighted by Gasteiger charge is 2.24. The molecule has 0 amide bonds. The van der Waals surface area contributed by atoms with Gasteiger partial charge in [-0.15, -0.1) is 0 Å². The molecule has 0 radical (unpaired) electrons. The molecule has 1 aliphatic carbocycles. The summed E-state index contributed by atoms with van der Waals surface area (Å²) in [6.45, 7) is 4.49. The molecule has 1 heterocycles. The zero-order chi connectivity index (χ0) is 20.4. The molecule has 0 saturated heterocycles. The molecule has 0 saturated carbocycles. The lowest BCUT2D eigenvalue weighted by molar-refractivity contribution is -0.137. The second-order valence-corrected chi connectivity index (χ2v) is 7.68. The second-order valence-electron chi connectivity index (χ2n) is 7.68. The quantitative estimate of drug-likeness (QED) is 0.608. The van der Waals surface area contributed by atoms with Crippen molar-refractivity contribution in [2.45, 2.75) is 45.4 Å². The number of carboxylic acid groups (broad SMARTS) is 1. The number of hydrogen-bond donors (Lipinski definition) is 1. The third-order valence-electron chi connectivity index (χ3n) is 5.50. The van der Waals surface area contributed by atoms with Crippen LogP contribution in [-0.4, -0.2) is 22.7 Å². The fourth-order valence-electron chi connectivity index (χ4n) is 4.02. The van der Waals surface area contributed by atoms with Crippen LogP contribution in [0.3, 0.4) is 0 Å². The summed E-state index contributed by atoms with van der Waals surface area (Å²) in [5, 5.41) is 9.05. The van der Waals surface area contributed by atoms with E-state index in [1.165, 1.54) is 11.1 Å². The monoisotopic (exact) mass is 391 g/mol. The van der Waals surface area contributed by atoms with Crippen molar-refractivity contribution in [1.82, 2.24) is 4.98 Å². The van der Waals surface area contributed by atoms with Crippen LogP contribution in [0.25, 0.3) is 11.5 Å². The van der Waals surface area contributed by atoms with E-state index in [1.807, 2.05) is 37.3 Å². The minimum atomic E-state index is -0.740. The van der Waals surface area contributed by atoms with Crippen molar-refractivity contribution in [3.8, 4) is 17.2 Å². The fraction of sp³-hybridized carbons (Fsp3) is 0.333. The van der Waals surface area contributed by atoms with Gasteiger partial charge in [-0.3, -0.25) is 4.79 Å². The highest BCUT2D eigenvalue weighted by molar-refractivity contribution is 5.68. The molecule has 5 nitrogen and oxygen atoms in total. The van der Waals surface area contributed by atoms with Crippen molar-refractivity contribution in [3.63, 3.8) is 0 Å². The van der Waals surface area contributed by atoms with E-state index in [9.17, 15) is 4.79 Å². The van der Waals surface area contributed by atoms with Crippen LogP contribution in [0.1, 0.15) is 46.9 Å². The van der Waals surface area contributed by atoms with Crippen LogP contribution < -0.4 is 4.74 Å². The molecule has 4 rings (SSSR count). The summed E-state index contributed by atoms with van der Waals surface area (Å²) >= 11 is 0. The summed E-state index contributed by atoms with van der Waals surface area (Å²) in [7, 11) is 0. The van der Waals surface area contributed by atoms with Crippen LogP contribution in [-0.2, 0) is 17.6 Å². The molecule has 0 spiro atoms. The zero-order valence-electron chi connectivity index (χ0n) is 16.8. The van der Waals surface area contributed by atoms with Crippen molar-refractivity contribution in [2.75, 3.05) is 6.61 Å². The largest absolute Gasteiger partial charge is 0.493 e. The topological polar surface area (TPSA) is 72.6 Å². The van der Waals surface area contributed by atoms with E-state index >= 15 is 0 Å². The number of oxazole rings is 1. The summed E-state index contributed by atoms with van der Waals surface area (Å²) in [5.41, 5.74) is 5.41. The van der Waals surface area contributed by atoms with Gasteiger partial charge in [0.05, 0.1) is 18.7 Å². The molecule has 2 aromatic carbocycles. The Bertz CT molecular complexity index is 1040. The van der Waals surface area contributed by atoms with Gasteiger partial charge in [-0.25, -0.2) is 4.98 Å². The van der Waals surface area contributed by atoms with Crippen LogP contribution in [0.5, 0.6) is 5.75 Å². The van der Waals surface area contributed by atoms with Crippen molar-refractivity contribution in [1.29, 1.82) is 0 Å². The Balaban J connectivity index is 1.38. The van der Waals surface area contributed by atoms with Crippen LogP contribution in [0.4, 0.5) is 0 Å². The van der Waals surface area contributed by atoms with Gasteiger partial charge >= 0.3 is 5.97 Å². The minimum absolute atomic E-state index is 0.120. The average molecular weight is 391 g/mol. The molecule has 3 aromatic rings. The lowest BCUT2D eigenvalue weighted by Gasteiger charge is -2.10. The maximum absolute atomic E-state index is 11.0. The third kappa shape index (κ3) is 4.34. The molecule has 1 atom stereocenters. The Morgan fingerprint density at radius 2 is 2.10 bits per heavy atom. The first-order valence-electron chi connectivity index (χ1n) is 10.0. The van der Waals surface area contributed by atoms with Gasteiger partial charge < -0.3 is 14.3 Å². The Labute approximate surface area is 170 Å². The molecule has 29 heavy (non-hydrogen) atoms. The second kappa shape index (κ2) is 8.11. The molecule has 0 aliphatic heterocycles.